The molecule has 5 rings (SSSR count). The van der Waals surface area contributed by atoms with Gasteiger partial charge in [0.05, 0.1) is 36.6 Å². The van der Waals surface area contributed by atoms with E-state index in [0.717, 1.165) is 35.7 Å². The maximum Gasteiger partial charge on any atom is 0.409 e. The minimum Gasteiger partial charge on any atom is -0.453 e. The van der Waals surface area contributed by atoms with E-state index in [2.05, 4.69) is 21.3 Å². The van der Waals surface area contributed by atoms with Gasteiger partial charge in [-0.15, -0.1) is 0 Å². The smallest absolute Gasteiger partial charge is 0.409 e. The lowest BCUT2D eigenvalue weighted by Gasteiger charge is -2.30. The molecule has 1 fully saturated rings. The molecule has 0 aliphatic carbocycles. The molecule has 0 N–H and O–H groups in total. The van der Waals surface area contributed by atoms with Gasteiger partial charge in [-0.3, -0.25) is 4.68 Å². The maximum absolute atomic E-state index is 14.3. The number of carbonyl (C=O) groups is 1. The first kappa shape index (κ1) is 21.9. The molecule has 0 aromatic carbocycles. The van der Waals surface area contributed by atoms with Crippen molar-refractivity contribution >= 4 is 23.4 Å². The molecule has 0 radical (unpaired) electrons. The van der Waals surface area contributed by atoms with Crippen LogP contribution in [0.2, 0.25) is 0 Å². The average Bonchev–Trinajstić information content (AvgIpc) is 3.52. The van der Waals surface area contributed by atoms with Crippen molar-refractivity contribution in [3.8, 4) is 17.2 Å². The van der Waals surface area contributed by atoms with Crippen molar-refractivity contribution in [1.82, 2.24) is 29.3 Å². The molecule has 1 amide bonds. The number of fused-ring (bicyclic) bond motifs is 1. The van der Waals surface area contributed by atoms with Crippen LogP contribution in [-0.2, 0) is 4.74 Å². The highest BCUT2D eigenvalue weighted by Crippen LogP contribution is 2.36. The van der Waals surface area contributed by atoms with Gasteiger partial charge in [0, 0.05) is 47.7 Å². The topological polar surface area (TPSA) is 101 Å². The molecular weight excluding hydrogens is 457 g/mol. The lowest BCUT2D eigenvalue weighted by molar-refractivity contribution is 0.105. The van der Waals surface area contributed by atoms with Gasteiger partial charge >= 0.3 is 6.09 Å². The molecule has 9 nitrogen and oxygen atoms in total. The molecule has 0 atom stereocenters. The summed E-state index contributed by atoms with van der Waals surface area (Å²) >= 11 is 1.15. The molecule has 0 unspecified atom stereocenters. The number of halogens is 1. The molecule has 0 saturated carbocycles. The lowest BCUT2D eigenvalue weighted by Crippen LogP contribution is -2.39. The van der Waals surface area contributed by atoms with Gasteiger partial charge < -0.3 is 9.64 Å². The fourth-order valence-corrected chi connectivity index (χ4v) is 5.05. The Bertz CT molecular complexity index is 1400. The number of aromatic nitrogens is 5. The van der Waals surface area contributed by atoms with Crippen molar-refractivity contribution in [2.45, 2.75) is 28.8 Å². The zero-order valence-electron chi connectivity index (χ0n) is 18.3. The highest BCUT2D eigenvalue weighted by atomic mass is 32.2. The Morgan fingerprint density at radius 3 is 2.79 bits per heavy atom. The van der Waals surface area contributed by atoms with E-state index < -0.39 is 5.82 Å². The van der Waals surface area contributed by atoms with E-state index in [1.807, 2.05) is 23.1 Å². The van der Waals surface area contributed by atoms with Crippen molar-refractivity contribution in [3.63, 3.8) is 0 Å². The number of ether oxygens (including phenoxy) is 1. The Kier molecular flexibility index (Phi) is 5.90. The van der Waals surface area contributed by atoms with Crippen LogP contribution in [0.3, 0.4) is 0 Å². The van der Waals surface area contributed by atoms with Crippen LogP contribution in [0.15, 0.2) is 59.1 Å². The summed E-state index contributed by atoms with van der Waals surface area (Å²) in [4.78, 5) is 18.2. The van der Waals surface area contributed by atoms with E-state index in [1.165, 1.54) is 31.6 Å². The number of piperidine rings is 1. The molecule has 0 bridgehead atoms. The van der Waals surface area contributed by atoms with Crippen LogP contribution < -0.4 is 0 Å². The van der Waals surface area contributed by atoms with Crippen molar-refractivity contribution in [3.05, 3.63) is 60.6 Å². The Hall–Kier alpha value is -3.91. The van der Waals surface area contributed by atoms with Crippen LogP contribution >= 0.6 is 11.8 Å². The van der Waals surface area contributed by atoms with Gasteiger partial charge in [0.2, 0.25) is 0 Å². The standard InChI is InChI=1S/C23H20FN7O2S/c1-33-23(32)29-7-4-18(5-8-29)30-14-17(12-27-30)15-9-20(34-22-19(24)3-2-6-26-22)21-16(10-25)11-28-31(21)13-15/h2-3,6,9,11-14,18H,4-5,7-8H2,1H3. The third-order valence-electron chi connectivity index (χ3n) is 5.83. The van der Waals surface area contributed by atoms with Crippen LogP contribution in [-0.4, -0.2) is 55.6 Å². The predicted octanol–water partition coefficient (Wildman–Crippen LogP) is 4.16. The molecule has 11 heteroatoms. The van der Waals surface area contributed by atoms with Crippen molar-refractivity contribution in [1.29, 1.82) is 5.26 Å². The Balaban J connectivity index is 1.46. The monoisotopic (exact) mass is 477 g/mol. The van der Waals surface area contributed by atoms with E-state index in [0.29, 0.717) is 29.1 Å². The minimum atomic E-state index is -0.430. The molecule has 0 spiro atoms. The van der Waals surface area contributed by atoms with Crippen LogP contribution in [0.4, 0.5) is 9.18 Å². The van der Waals surface area contributed by atoms with Crippen molar-refractivity contribution in [2.24, 2.45) is 0 Å². The van der Waals surface area contributed by atoms with Crippen LogP contribution in [0.1, 0.15) is 24.4 Å². The SMILES string of the molecule is COC(=O)N1CCC(n2cc(-c3cc(Sc4ncccc4F)c4c(C#N)cnn4c3)cn2)CC1. The number of carbonyl (C=O) groups excluding carboxylic acids is 1. The summed E-state index contributed by atoms with van der Waals surface area (Å²) in [5.74, 6) is -0.430. The second-order valence-electron chi connectivity index (χ2n) is 7.85. The predicted molar refractivity (Wildman–Crippen MR) is 122 cm³/mol. The Morgan fingerprint density at radius 1 is 1.24 bits per heavy atom. The normalized spacial score (nSPS) is 14.3. The number of methoxy groups -OCH3 is 1. The summed E-state index contributed by atoms with van der Waals surface area (Å²) in [6.07, 6.45) is 9.84. The third-order valence-corrected chi connectivity index (χ3v) is 6.86. The summed E-state index contributed by atoms with van der Waals surface area (Å²) in [7, 11) is 1.39. The quantitative estimate of drug-likeness (QED) is 0.435. The number of rotatable bonds is 4. The van der Waals surface area contributed by atoms with Gasteiger partial charge in [-0.1, -0.05) is 11.8 Å². The molecule has 172 valence electrons. The number of amides is 1. The molecule has 34 heavy (non-hydrogen) atoms. The molecule has 4 aromatic rings. The molecule has 1 aliphatic rings. The van der Waals surface area contributed by atoms with E-state index in [1.54, 1.807) is 15.6 Å². The second-order valence-corrected chi connectivity index (χ2v) is 8.88. The highest BCUT2D eigenvalue weighted by molar-refractivity contribution is 7.99. The number of likely N-dealkylation sites (tertiary alicyclic amines) is 1. The second kappa shape index (κ2) is 9.15. The molecule has 1 saturated heterocycles. The number of pyridine rings is 2. The average molecular weight is 478 g/mol. The summed E-state index contributed by atoms with van der Waals surface area (Å²) in [5.41, 5.74) is 2.70. The fraction of sp³-hybridized carbons (Fsp3) is 0.261. The third kappa shape index (κ3) is 4.08. The van der Waals surface area contributed by atoms with Crippen LogP contribution in [0.5, 0.6) is 0 Å². The summed E-state index contributed by atoms with van der Waals surface area (Å²) in [5, 5.41) is 18.6. The van der Waals surface area contributed by atoms with E-state index in [9.17, 15) is 14.4 Å². The first-order chi connectivity index (χ1) is 16.6. The number of nitrogens with zero attached hydrogens (tertiary/aromatic N) is 7. The molecular formula is C23H20FN7O2S. The van der Waals surface area contributed by atoms with Crippen LogP contribution in [0, 0.1) is 17.1 Å². The number of hydrogen-bond donors (Lipinski definition) is 0. The number of nitriles is 1. The van der Waals surface area contributed by atoms with Gasteiger partial charge in [-0.05, 0) is 31.0 Å². The molecule has 4 aromatic heterocycles. The molecule has 5 heterocycles. The Morgan fingerprint density at radius 2 is 2.06 bits per heavy atom. The van der Waals surface area contributed by atoms with Crippen molar-refractivity contribution in [2.75, 3.05) is 20.2 Å². The lowest BCUT2D eigenvalue weighted by atomic mass is 10.1. The summed E-state index contributed by atoms with van der Waals surface area (Å²) in [6.45, 7) is 1.22. The highest BCUT2D eigenvalue weighted by Gasteiger charge is 2.25. The zero-order valence-corrected chi connectivity index (χ0v) is 19.1. The van der Waals surface area contributed by atoms with Crippen LogP contribution in [0.25, 0.3) is 16.6 Å². The largest absolute Gasteiger partial charge is 0.453 e. The summed E-state index contributed by atoms with van der Waals surface area (Å²) in [6, 6.07) is 7.11. The van der Waals surface area contributed by atoms with E-state index >= 15 is 0 Å². The summed E-state index contributed by atoms with van der Waals surface area (Å²) < 4.78 is 22.7. The zero-order chi connectivity index (χ0) is 23.7. The van der Waals surface area contributed by atoms with Gasteiger partial charge in [-0.2, -0.15) is 15.5 Å². The number of hydrogen-bond acceptors (Lipinski definition) is 7. The van der Waals surface area contributed by atoms with E-state index in [4.69, 9.17) is 4.74 Å². The van der Waals surface area contributed by atoms with Gasteiger partial charge in [0.25, 0.3) is 0 Å². The fourth-order valence-electron chi connectivity index (χ4n) is 4.08. The minimum absolute atomic E-state index is 0.171. The molecule has 1 aliphatic heterocycles. The first-order valence-electron chi connectivity index (χ1n) is 10.6. The van der Waals surface area contributed by atoms with Gasteiger partial charge in [0.15, 0.2) is 5.82 Å². The first-order valence-corrected chi connectivity index (χ1v) is 11.5. The Labute approximate surface area is 198 Å². The maximum atomic E-state index is 14.3. The van der Waals surface area contributed by atoms with Gasteiger partial charge in [-0.25, -0.2) is 18.7 Å². The van der Waals surface area contributed by atoms with E-state index in [-0.39, 0.29) is 17.2 Å². The van der Waals surface area contributed by atoms with Gasteiger partial charge in [0.1, 0.15) is 11.1 Å². The van der Waals surface area contributed by atoms with Crippen molar-refractivity contribution < 1.29 is 13.9 Å².